The van der Waals surface area contributed by atoms with Gasteiger partial charge in [-0.05, 0) is 5.56 Å². The molecule has 90 valence electrons. The minimum absolute atomic E-state index is 0.0284. The molecule has 1 atom stereocenters. The van der Waals surface area contributed by atoms with E-state index in [2.05, 4.69) is 5.32 Å². The summed E-state index contributed by atoms with van der Waals surface area (Å²) in [6, 6.07) is 9.57. The van der Waals surface area contributed by atoms with Crippen LogP contribution in [-0.2, 0) is 16.1 Å². The van der Waals surface area contributed by atoms with Crippen LogP contribution in [0.5, 0.6) is 0 Å². The highest BCUT2D eigenvalue weighted by Gasteiger charge is 2.11. The van der Waals surface area contributed by atoms with Crippen molar-refractivity contribution >= 4 is 6.09 Å². The van der Waals surface area contributed by atoms with Crippen LogP contribution < -0.4 is 5.32 Å². The highest BCUT2D eigenvalue weighted by atomic mass is 16.5. The van der Waals surface area contributed by atoms with Gasteiger partial charge in [0.05, 0.1) is 19.3 Å². The summed E-state index contributed by atoms with van der Waals surface area (Å²) < 4.78 is 10.3. The first kappa shape index (κ1) is 11.7. The minimum Gasteiger partial charge on any atom is -0.445 e. The highest BCUT2D eigenvalue weighted by Crippen LogP contribution is 2.02. The van der Waals surface area contributed by atoms with Crippen LogP contribution in [0.3, 0.4) is 0 Å². The first-order chi connectivity index (χ1) is 8.34. The third-order valence-corrected chi connectivity index (χ3v) is 2.42. The molecule has 1 aromatic rings. The predicted octanol–water partition coefficient (Wildman–Crippen LogP) is 1.87. The van der Waals surface area contributed by atoms with E-state index in [1.165, 1.54) is 0 Å². The number of rotatable bonds is 4. The van der Waals surface area contributed by atoms with E-state index in [1.807, 2.05) is 42.5 Å². The van der Waals surface area contributed by atoms with Crippen molar-refractivity contribution < 1.29 is 14.3 Å². The molecule has 0 radical (unpaired) electrons. The third-order valence-electron chi connectivity index (χ3n) is 2.42. The van der Waals surface area contributed by atoms with E-state index in [0.29, 0.717) is 13.2 Å². The lowest BCUT2D eigenvalue weighted by molar-refractivity contribution is 0.111. The van der Waals surface area contributed by atoms with Crippen molar-refractivity contribution in [1.82, 2.24) is 5.32 Å². The Bertz CT molecular complexity index is 389. The summed E-state index contributed by atoms with van der Waals surface area (Å²) in [5.41, 5.74) is 0.972. The normalized spacial score (nSPS) is 18.0. The maximum Gasteiger partial charge on any atom is 0.407 e. The van der Waals surface area contributed by atoms with Gasteiger partial charge in [-0.25, -0.2) is 4.79 Å². The molecule has 1 aliphatic rings. The Balaban J connectivity index is 1.65. The van der Waals surface area contributed by atoms with E-state index in [-0.39, 0.29) is 12.7 Å². The molecule has 1 aliphatic heterocycles. The second-order valence-corrected chi connectivity index (χ2v) is 3.74. The zero-order valence-electron chi connectivity index (χ0n) is 9.46. The van der Waals surface area contributed by atoms with Crippen molar-refractivity contribution in [2.75, 3.05) is 13.2 Å². The SMILES string of the molecule is O=C(NCC1C=CCO1)OCc1ccccc1. The molecular formula is C13H15NO3. The molecule has 1 heterocycles. The quantitative estimate of drug-likeness (QED) is 0.807. The summed E-state index contributed by atoms with van der Waals surface area (Å²) in [5, 5.41) is 2.66. The van der Waals surface area contributed by atoms with Gasteiger partial charge < -0.3 is 14.8 Å². The number of nitrogens with one attached hydrogen (secondary N) is 1. The molecular weight excluding hydrogens is 218 g/mol. The molecule has 1 N–H and O–H groups in total. The van der Waals surface area contributed by atoms with Crippen molar-refractivity contribution in [3.63, 3.8) is 0 Å². The zero-order chi connectivity index (χ0) is 11.9. The number of hydrogen-bond donors (Lipinski definition) is 1. The van der Waals surface area contributed by atoms with E-state index in [4.69, 9.17) is 9.47 Å². The van der Waals surface area contributed by atoms with Gasteiger partial charge in [0.2, 0.25) is 0 Å². The summed E-state index contributed by atoms with van der Waals surface area (Å²) in [4.78, 5) is 11.4. The Kier molecular flexibility index (Phi) is 4.16. The number of carbonyl (C=O) groups is 1. The number of benzene rings is 1. The number of ether oxygens (including phenoxy) is 2. The lowest BCUT2D eigenvalue weighted by Crippen LogP contribution is -2.31. The Labute approximate surface area is 100 Å². The van der Waals surface area contributed by atoms with Crippen molar-refractivity contribution in [2.24, 2.45) is 0 Å². The molecule has 0 aliphatic carbocycles. The number of amides is 1. The van der Waals surface area contributed by atoms with Crippen LogP contribution in [0, 0.1) is 0 Å². The summed E-state index contributed by atoms with van der Waals surface area (Å²) >= 11 is 0. The molecule has 0 bridgehead atoms. The van der Waals surface area contributed by atoms with Crippen LogP contribution in [0.15, 0.2) is 42.5 Å². The fraction of sp³-hybridized carbons (Fsp3) is 0.308. The van der Waals surface area contributed by atoms with E-state index < -0.39 is 6.09 Å². The number of hydrogen-bond acceptors (Lipinski definition) is 3. The second-order valence-electron chi connectivity index (χ2n) is 3.74. The third kappa shape index (κ3) is 3.92. The van der Waals surface area contributed by atoms with Gasteiger partial charge in [-0.1, -0.05) is 42.5 Å². The predicted molar refractivity (Wildman–Crippen MR) is 63.5 cm³/mol. The number of alkyl carbamates (subject to hydrolysis) is 1. The Morgan fingerprint density at radius 2 is 2.24 bits per heavy atom. The van der Waals surface area contributed by atoms with Crippen molar-refractivity contribution in [2.45, 2.75) is 12.7 Å². The van der Waals surface area contributed by atoms with Gasteiger partial charge in [0.25, 0.3) is 0 Å². The van der Waals surface area contributed by atoms with Gasteiger partial charge in [-0.15, -0.1) is 0 Å². The van der Waals surface area contributed by atoms with Crippen LogP contribution in [-0.4, -0.2) is 25.3 Å². The van der Waals surface area contributed by atoms with Crippen LogP contribution in [0.1, 0.15) is 5.56 Å². The molecule has 1 unspecified atom stereocenters. The smallest absolute Gasteiger partial charge is 0.407 e. The molecule has 1 aromatic carbocycles. The Morgan fingerprint density at radius 1 is 1.41 bits per heavy atom. The molecule has 4 heteroatoms. The molecule has 0 fully saturated rings. The highest BCUT2D eigenvalue weighted by molar-refractivity contribution is 5.67. The van der Waals surface area contributed by atoms with Crippen molar-refractivity contribution in [1.29, 1.82) is 0 Å². The Hall–Kier alpha value is -1.81. The zero-order valence-corrected chi connectivity index (χ0v) is 9.46. The minimum atomic E-state index is -0.419. The topological polar surface area (TPSA) is 47.6 Å². The molecule has 0 spiro atoms. The van der Waals surface area contributed by atoms with Crippen LogP contribution in [0.2, 0.25) is 0 Å². The summed E-state index contributed by atoms with van der Waals surface area (Å²) in [6.07, 6.45) is 3.41. The lowest BCUT2D eigenvalue weighted by Gasteiger charge is -2.10. The summed E-state index contributed by atoms with van der Waals surface area (Å²) in [7, 11) is 0. The fourth-order valence-corrected chi connectivity index (χ4v) is 1.53. The molecule has 17 heavy (non-hydrogen) atoms. The van der Waals surface area contributed by atoms with E-state index in [9.17, 15) is 4.79 Å². The lowest BCUT2D eigenvalue weighted by atomic mass is 10.2. The maximum atomic E-state index is 11.4. The van der Waals surface area contributed by atoms with Gasteiger partial charge in [0.1, 0.15) is 6.61 Å². The van der Waals surface area contributed by atoms with Gasteiger partial charge in [0, 0.05) is 0 Å². The summed E-state index contributed by atoms with van der Waals surface area (Å²) in [6.45, 7) is 1.35. The van der Waals surface area contributed by atoms with Crippen molar-refractivity contribution in [3.8, 4) is 0 Å². The van der Waals surface area contributed by atoms with E-state index in [1.54, 1.807) is 0 Å². The van der Waals surface area contributed by atoms with Crippen LogP contribution in [0.4, 0.5) is 4.79 Å². The Morgan fingerprint density at radius 3 is 2.94 bits per heavy atom. The molecule has 0 saturated carbocycles. The summed E-state index contributed by atoms with van der Waals surface area (Å²) in [5.74, 6) is 0. The monoisotopic (exact) mass is 233 g/mol. The molecule has 4 nitrogen and oxygen atoms in total. The van der Waals surface area contributed by atoms with Crippen LogP contribution in [0.25, 0.3) is 0 Å². The molecule has 1 amide bonds. The van der Waals surface area contributed by atoms with Gasteiger partial charge in [-0.2, -0.15) is 0 Å². The van der Waals surface area contributed by atoms with E-state index in [0.717, 1.165) is 5.56 Å². The van der Waals surface area contributed by atoms with Gasteiger partial charge in [0.15, 0.2) is 0 Å². The first-order valence-corrected chi connectivity index (χ1v) is 5.57. The molecule has 0 saturated heterocycles. The second kappa shape index (κ2) is 6.06. The number of carbonyl (C=O) groups excluding carboxylic acids is 1. The van der Waals surface area contributed by atoms with Gasteiger partial charge in [-0.3, -0.25) is 0 Å². The van der Waals surface area contributed by atoms with Crippen molar-refractivity contribution in [3.05, 3.63) is 48.0 Å². The average Bonchev–Trinajstić information content (AvgIpc) is 2.88. The van der Waals surface area contributed by atoms with Crippen LogP contribution >= 0.6 is 0 Å². The standard InChI is InChI=1S/C13H15NO3/c15-13(14-9-12-7-4-8-16-12)17-10-11-5-2-1-3-6-11/h1-7,12H,8-10H2,(H,14,15). The molecule has 0 aromatic heterocycles. The largest absolute Gasteiger partial charge is 0.445 e. The average molecular weight is 233 g/mol. The van der Waals surface area contributed by atoms with E-state index >= 15 is 0 Å². The fourth-order valence-electron chi connectivity index (χ4n) is 1.53. The van der Waals surface area contributed by atoms with Gasteiger partial charge >= 0.3 is 6.09 Å². The maximum absolute atomic E-state index is 11.4. The first-order valence-electron chi connectivity index (χ1n) is 5.57. The molecule has 2 rings (SSSR count).